The Morgan fingerprint density at radius 3 is 2.82 bits per heavy atom. The Kier molecular flexibility index (Phi) is 3.77. The summed E-state index contributed by atoms with van der Waals surface area (Å²) in [6.45, 7) is 0. The molecule has 0 saturated heterocycles. The normalized spacial score (nSPS) is 10.3. The standard InChI is InChI=1S/C9H12N6S2/c1-15(2)8-13-14-9(17-8)16-7-5-3-4-6(11-7)12-10/h3-5H,10H2,1-2H3,(H,11,12). The van der Waals surface area contributed by atoms with Crippen LogP contribution < -0.4 is 16.2 Å². The Balaban J connectivity index is 2.13. The van der Waals surface area contributed by atoms with E-state index >= 15 is 0 Å². The van der Waals surface area contributed by atoms with Crippen LogP contribution in [-0.4, -0.2) is 29.3 Å². The summed E-state index contributed by atoms with van der Waals surface area (Å²) in [6, 6.07) is 5.59. The van der Waals surface area contributed by atoms with Gasteiger partial charge in [0.05, 0.1) is 0 Å². The molecule has 0 atom stereocenters. The summed E-state index contributed by atoms with van der Waals surface area (Å²) in [5, 5.41) is 9.86. The number of nitrogens with two attached hydrogens (primary N) is 1. The van der Waals surface area contributed by atoms with E-state index in [9.17, 15) is 0 Å². The van der Waals surface area contributed by atoms with E-state index in [-0.39, 0.29) is 0 Å². The number of nitrogens with one attached hydrogen (secondary N) is 1. The van der Waals surface area contributed by atoms with Gasteiger partial charge in [0, 0.05) is 14.1 Å². The third-order valence-electron chi connectivity index (χ3n) is 1.84. The fraction of sp³-hybridized carbons (Fsp3) is 0.222. The fourth-order valence-electron chi connectivity index (χ4n) is 1.07. The fourth-order valence-corrected chi connectivity index (χ4v) is 2.77. The van der Waals surface area contributed by atoms with Crippen molar-refractivity contribution in [3.8, 4) is 0 Å². The Labute approximate surface area is 107 Å². The van der Waals surface area contributed by atoms with Crippen molar-refractivity contribution in [2.75, 3.05) is 24.4 Å². The molecule has 0 unspecified atom stereocenters. The van der Waals surface area contributed by atoms with Gasteiger partial charge >= 0.3 is 0 Å². The topological polar surface area (TPSA) is 80.0 Å². The molecule has 3 N–H and O–H groups in total. The Bertz CT molecular complexity index is 498. The van der Waals surface area contributed by atoms with Gasteiger partial charge in [-0.25, -0.2) is 10.8 Å². The molecule has 0 amide bonds. The van der Waals surface area contributed by atoms with Crippen molar-refractivity contribution >= 4 is 34.0 Å². The van der Waals surface area contributed by atoms with Gasteiger partial charge in [0.15, 0.2) is 4.34 Å². The van der Waals surface area contributed by atoms with Crippen LogP contribution in [0.4, 0.5) is 10.9 Å². The van der Waals surface area contributed by atoms with Gasteiger partial charge in [0.2, 0.25) is 5.13 Å². The van der Waals surface area contributed by atoms with Gasteiger partial charge in [0.25, 0.3) is 0 Å². The van der Waals surface area contributed by atoms with Gasteiger partial charge in [-0.3, -0.25) is 0 Å². The first kappa shape index (κ1) is 12.1. The lowest BCUT2D eigenvalue weighted by atomic mass is 10.5. The van der Waals surface area contributed by atoms with Crippen molar-refractivity contribution in [1.82, 2.24) is 15.2 Å². The lowest BCUT2D eigenvalue weighted by molar-refractivity contribution is 0.970. The average molecular weight is 268 g/mol. The Morgan fingerprint density at radius 1 is 1.35 bits per heavy atom. The number of aromatic nitrogens is 3. The molecule has 0 aromatic carbocycles. The lowest BCUT2D eigenvalue weighted by Gasteiger charge is -2.03. The maximum atomic E-state index is 5.30. The molecule has 2 rings (SSSR count). The molecule has 0 radical (unpaired) electrons. The van der Waals surface area contributed by atoms with Crippen LogP contribution in [0.1, 0.15) is 0 Å². The molecule has 0 fully saturated rings. The first-order valence-corrected chi connectivity index (χ1v) is 6.44. The van der Waals surface area contributed by atoms with Crippen LogP contribution in [0.25, 0.3) is 0 Å². The number of hydrogen-bond acceptors (Lipinski definition) is 8. The Morgan fingerprint density at radius 2 is 2.18 bits per heavy atom. The van der Waals surface area contributed by atoms with Crippen molar-refractivity contribution in [3.05, 3.63) is 18.2 Å². The monoisotopic (exact) mass is 268 g/mol. The van der Waals surface area contributed by atoms with Crippen molar-refractivity contribution in [3.63, 3.8) is 0 Å². The smallest absolute Gasteiger partial charge is 0.208 e. The highest BCUT2D eigenvalue weighted by Crippen LogP contribution is 2.31. The minimum atomic E-state index is 0.632. The van der Waals surface area contributed by atoms with Crippen molar-refractivity contribution < 1.29 is 0 Å². The maximum absolute atomic E-state index is 5.30. The third kappa shape index (κ3) is 3.05. The highest BCUT2D eigenvalue weighted by Gasteiger charge is 2.08. The lowest BCUT2D eigenvalue weighted by Crippen LogP contribution is -2.08. The third-order valence-corrected chi connectivity index (χ3v) is 3.92. The van der Waals surface area contributed by atoms with Crippen molar-refractivity contribution in [2.24, 2.45) is 5.84 Å². The van der Waals surface area contributed by atoms with Crippen molar-refractivity contribution in [2.45, 2.75) is 9.37 Å². The predicted octanol–water partition coefficient (Wildman–Crippen LogP) is 1.44. The Hall–Kier alpha value is -1.38. The van der Waals surface area contributed by atoms with Gasteiger partial charge in [-0.2, -0.15) is 0 Å². The number of anilines is 2. The van der Waals surface area contributed by atoms with E-state index in [1.165, 1.54) is 23.1 Å². The first-order chi connectivity index (χ1) is 8.19. The van der Waals surface area contributed by atoms with Crippen LogP contribution in [-0.2, 0) is 0 Å². The van der Waals surface area contributed by atoms with E-state index in [1.54, 1.807) is 6.07 Å². The molecular weight excluding hydrogens is 256 g/mol. The molecule has 0 aliphatic carbocycles. The highest BCUT2D eigenvalue weighted by atomic mass is 32.2. The van der Waals surface area contributed by atoms with E-state index in [2.05, 4.69) is 20.6 Å². The summed E-state index contributed by atoms with van der Waals surface area (Å²) >= 11 is 2.99. The van der Waals surface area contributed by atoms with E-state index < -0.39 is 0 Å². The molecule has 2 heterocycles. The van der Waals surface area contributed by atoms with Gasteiger partial charge in [-0.05, 0) is 23.9 Å². The second kappa shape index (κ2) is 5.30. The van der Waals surface area contributed by atoms with E-state index in [0.29, 0.717) is 5.82 Å². The summed E-state index contributed by atoms with van der Waals surface area (Å²) in [7, 11) is 3.87. The summed E-state index contributed by atoms with van der Waals surface area (Å²) in [5.41, 5.74) is 2.51. The van der Waals surface area contributed by atoms with Crippen LogP contribution >= 0.6 is 23.1 Å². The first-order valence-electron chi connectivity index (χ1n) is 4.81. The number of hydrazine groups is 1. The van der Waals surface area contributed by atoms with Crippen LogP contribution in [0.5, 0.6) is 0 Å². The number of rotatable bonds is 4. The SMILES string of the molecule is CN(C)c1nnc(Sc2cccc(NN)n2)s1. The average Bonchev–Trinajstić information content (AvgIpc) is 2.78. The molecule has 0 saturated carbocycles. The zero-order chi connectivity index (χ0) is 12.3. The van der Waals surface area contributed by atoms with Crippen molar-refractivity contribution in [1.29, 1.82) is 0 Å². The molecule has 0 bridgehead atoms. The molecule has 2 aromatic heterocycles. The molecule has 6 nitrogen and oxygen atoms in total. The predicted molar refractivity (Wildman–Crippen MR) is 70.4 cm³/mol. The van der Waals surface area contributed by atoms with Crippen LogP contribution in [0, 0.1) is 0 Å². The highest BCUT2D eigenvalue weighted by molar-refractivity contribution is 8.01. The molecule has 0 aliphatic heterocycles. The van der Waals surface area contributed by atoms with E-state index in [0.717, 1.165) is 14.5 Å². The van der Waals surface area contributed by atoms with Crippen LogP contribution in [0.3, 0.4) is 0 Å². The van der Waals surface area contributed by atoms with E-state index in [1.807, 2.05) is 31.1 Å². The molecule has 2 aromatic rings. The zero-order valence-corrected chi connectivity index (χ0v) is 11.0. The summed E-state index contributed by atoms with van der Waals surface area (Å²) < 4.78 is 0.857. The number of nitrogen functional groups attached to an aromatic ring is 1. The van der Waals surface area contributed by atoms with Gasteiger partial charge < -0.3 is 10.3 Å². The number of pyridine rings is 1. The molecule has 17 heavy (non-hydrogen) atoms. The molecular formula is C9H12N6S2. The summed E-state index contributed by atoms with van der Waals surface area (Å²) in [5.74, 6) is 5.93. The molecule has 0 aliphatic rings. The van der Waals surface area contributed by atoms with E-state index in [4.69, 9.17) is 5.84 Å². The largest absolute Gasteiger partial charge is 0.353 e. The molecule has 90 valence electrons. The van der Waals surface area contributed by atoms with Gasteiger partial charge in [-0.15, -0.1) is 10.2 Å². The quantitative estimate of drug-likeness (QED) is 0.641. The zero-order valence-electron chi connectivity index (χ0n) is 9.41. The molecule has 0 spiro atoms. The minimum absolute atomic E-state index is 0.632. The second-order valence-corrected chi connectivity index (χ2v) is 5.58. The van der Waals surface area contributed by atoms with Crippen LogP contribution in [0.2, 0.25) is 0 Å². The molecule has 8 heteroatoms. The second-order valence-electron chi connectivity index (χ2n) is 3.35. The van der Waals surface area contributed by atoms with Gasteiger partial charge in [-0.1, -0.05) is 17.4 Å². The summed E-state index contributed by atoms with van der Waals surface area (Å²) in [4.78, 5) is 6.22. The summed E-state index contributed by atoms with van der Waals surface area (Å²) in [6.07, 6.45) is 0. The van der Waals surface area contributed by atoms with Crippen LogP contribution in [0.15, 0.2) is 27.6 Å². The minimum Gasteiger partial charge on any atom is -0.353 e. The maximum Gasteiger partial charge on any atom is 0.208 e. The number of hydrogen-bond donors (Lipinski definition) is 2. The van der Waals surface area contributed by atoms with Gasteiger partial charge in [0.1, 0.15) is 10.8 Å². The number of nitrogens with zero attached hydrogens (tertiary/aromatic N) is 4.